The predicted molar refractivity (Wildman–Crippen MR) is 74.7 cm³/mol. The van der Waals surface area contributed by atoms with Crippen molar-refractivity contribution in [2.75, 3.05) is 5.32 Å². The van der Waals surface area contributed by atoms with E-state index in [1.54, 1.807) is 12.1 Å². The van der Waals surface area contributed by atoms with Gasteiger partial charge in [0.2, 0.25) is 0 Å². The first-order valence-corrected chi connectivity index (χ1v) is 6.12. The highest BCUT2D eigenvalue weighted by atomic mass is 35.5. The van der Waals surface area contributed by atoms with Crippen LogP contribution in [-0.2, 0) is 6.54 Å². The monoisotopic (exact) mass is 276 g/mol. The van der Waals surface area contributed by atoms with E-state index < -0.39 is 5.97 Å². The average Bonchev–Trinajstić information content (AvgIpc) is 2.36. The van der Waals surface area contributed by atoms with E-state index in [-0.39, 0.29) is 5.56 Å². The normalized spacial score (nSPS) is 10.2. The standard InChI is InChI=1S/C14H13ClN2O2/c1-9-5-13(12(8-16-9)14(18)19)17-7-10-3-2-4-11(15)6-10/h2-6,8H,7H2,1H3,(H,16,17)(H,18,19). The summed E-state index contributed by atoms with van der Waals surface area (Å²) in [6, 6.07) is 9.13. The van der Waals surface area contributed by atoms with Gasteiger partial charge in [0.1, 0.15) is 5.56 Å². The van der Waals surface area contributed by atoms with Crippen molar-refractivity contribution >= 4 is 23.3 Å². The Kier molecular flexibility index (Phi) is 4.02. The fourth-order valence-electron chi connectivity index (χ4n) is 1.72. The molecule has 2 N–H and O–H groups in total. The highest BCUT2D eigenvalue weighted by Crippen LogP contribution is 2.18. The molecule has 0 unspecified atom stereocenters. The van der Waals surface area contributed by atoms with E-state index in [9.17, 15) is 4.79 Å². The minimum atomic E-state index is -0.999. The van der Waals surface area contributed by atoms with Gasteiger partial charge in [0, 0.05) is 23.5 Å². The molecule has 2 rings (SSSR count). The van der Waals surface area contributed by atoms with E-state index >= 15 is 0 Å². The maximum Gasteiger partial charge on any atom is 0.339 e. The second-order valence-electron chi connectivity index (χ2n) is 4.16. The number of carboxylic acids is 1. The number of aromatic nitrogens is 1. The number of hydrogen-bond acceptors (Lipinski definition) is 3. The van der Waals surface area contributed by atoms with Crippen LogP contribution in [-0.4, -0.2) is 16.1 Å². The molecule has 0 aliphatic rings. The molecule has 0 spiro atoms. The second-order valence-corrected chi connectivity index (χ2v) is 4.60. The number of aromatic carboxylic acids is 1. The molecule has 1 aromatic carbocycles. The van der Waals surface area contributed by atoms with Gasteiger partial charge in [-0.05, 0) is 30.7 Å². The van der Waals surface area contributed by atoms with Crippen molar-refractivity contribution in [2.45, 2.75) is 13.5 Å². The first-order chi connectivity index (χ1) is 9.06. The molecule has 0 bridgehead atoms. The topological polar surface area (TPSA) is 62.2 Å². The SMILES string of the molecule is Cc1cc(NCc2cccc(Cl)c2)c(C(=O)O)cn1. The number of aryl methyl sites for hydroxylation is 1. The third kappa shape index (κ3) is 3.45. The molecule has 0 saturated carbocycles. The van der Waals surface area contributed by atoms with Gasteiger partial charge in [-0.2, -0.15) is 0 Å². The van der Waals surface area contributed by atoms with Crippen molar-refractivity contribution in [1.82, 2.24) is 4.98 Å². The molecule has 0 aliphatic carbocycles. The van der Waals surface area contributed by atoms with E-state index in [4.69, 9.17) is 16.7 Å². The lowest BCUT2D eigenvalue weighted by Crippen LogP contribution is -2.07. The Morgan fingerprint density at radius 1 is 1.42 bits per heavy atom. The Balaban J connectivity index is 2.19. The average molecular weight is 277 g/mol. The van der Waals surface area contributed by atoms with Crippen LogP contribution < -0.4 is 5.32 Å². The molecule has 0 amide bonds. The smallest absolute Gasteiger partial charge is 0.339 e. The molecule has 0 fully saturated rings. The zero-order valence-electron chi connectivity index (χ0n) is 10.4. The van der Waals surface area contributed by atoms with E-state index in [2.05, 4.69) is 10.3 Å². The number of anilines is 1. The van der Waals surface area contributed by atoms with Crippen LogP contribution in [0.5, 0.6) is 0 Å². The minimum absolute atomic E-state index is 0.160. The molecular weight excluding hydrogens is 264 g/mol. The molecule has 2 aromatic rings. The lowest BCUT2D eigenvalue weighted by molar-refractivity contribution is 0.0697. The Morgan fingerprint density at radius 2 is 2.21 bits per heavy atom. The fourth-order valence-corrected chi connectivity index (χ4v) is 1.93. The van der Waals surface area contributed by atoms with E-state index in [0.717, 1.165) is 11.3 Å². The van der Waals surface area contributed by atoms with Crippen molar-refractivity contribution in [2.24, 2.45) is 0 Å². The molecular formula is C14H13ClN2O2. The van der Waals surface area contributed by atoms with Gasteiger partial charge in [-0.15, -0.1) is 0 Å². The van der Waals surface area contributed by atoms with Crippen LogP contribution in [0.2, 0.25) is 5.02 Å². The van der Waals surface area contributed by atoms with Crippen LogP contribution in [0, 0.1) is 6.92 Å². The van der Waals surface area contributed by atoms with E-state index in [0.29, 0.717) is 17.3 Å². The van der Waals surface area contributed by atoms with Gasteiger partial charge in [0.15, 0.2) is 0 Å². The Hall–Kier alpha value is -2.07. The van der Waals surface area contributed by atoms with Gasteiger partial charge in [0.05, 0.1) is 5.69 Å². The minimum Gasteiger partial charge on any atom is -0.478 e. The predicted octanol–water partition coefficient (Wildman–Crippen LogP) is 3.35. The first-order valence-electron chi connectivity index (χ1n) is 5.74. The summed E-state index contributed by atoms with van der Waals surface area (Å²) in [7, 11) is 0. The molecule has 1 aromatic heterocycles. The third-order valence-corrected chi connectivity index (χ3v) is 2.88. The summed E-state index contributed by atoms with van der Waals surface area (Å²) in [5.74, 6) is -0.999. The summed E-state index contributed by atoms with van der Waals surface area (Å²) in [6.45, 7) is 2.32. The van der Waals surface area contributed by atoms with Crippen LogP contribution in [0.1, 0.15) is 21.6 Å². The van der Waals surface area contributed by atoms with Gasteiger partial charge in [-0.25, -0.2) is 4.79 Å². The maximum absolute atomic E-state index is 11.1. The van der Waals surface area contributed by atoms with E-state index in [1.165, 1.54) is 6.20 Å². The zero-order chi connectivity index (χ0) is 13.8. The quantitative estimate of drug-likeness (QED) is 0.899. The van der Waals surface area contributed by atoms with Gasteiger partial charge in [0.25, 0.3) is 0 Å². The summed E-state index contributed by atoms with van der Waals surface area (Å²) < 4.78 is 0. The number of rotatable bonds is 4. The molecule has 5 heteroatoms. The molecule has 4 nitrogen and oxygen atoms in total. The van der Waals surface area contributed by atoms with Crippen LogP contribution in [0.15, 0.2) is 36.5 Å². The molecule has 98 valence electrons. The van der Waals surface area contributed by atoms with Gasteiger partial charge >= 0.3 is 5.97 Å². The third-order valence-electron chi connectivity index (χ3n) is 2.64. The van der Waals surface area contributed by atoms with Gasteiger partial charge in [-0.3, -0.25) is 4.98 Å². The number of carbonyl (C=O) groups is 1. The molecule has 0 aliphatic heterocycles. The second kappa shape index (κ2) is 5.71. The summed E-state index contributed by atoms with van der Waals surface area (Å²) in [5, 5.41) is 12.9. The van der Waals surface area contributed by atoms with Crippen LogP contribution in [0.3, 0.4) is 0 Å². The lowest BCUT2D eigenvalue weighted by Gasteiger charge is -2.10. The highest BCUT2D eigenvalue weighted by Gasteiger charge is 2.10. The number of halogens is 1. The summed E-state index contributed by atoms with van der Waals surface area (Å²) in [4.78, 5) is 15.1. The largest absolute Gasteiger partial charge is 0.478 e. The van der Waals surface area contributed by atoms with Crippen molar-refractivity contribution in [3.63, 3.8) is 0 Å². The molecule has 19 heavy (non-hydrogen) atoms. The zero-order valence-corrected chi connectivity index (χ0v) is 11.1. The van der Waals surface area contributed by atoms with Gasteiger partial charge in [-0.1, -0.05) is 23.7 Å². The number of benzene rings is 1. The summed E-state index contributed by atoms with van der Waals surface area (Å²) in [6.07, 6.45) is 1.36. The van der Waals surface area contributed by atoms with Crippen molar-refractivity contribution in [1.29, 1.82) is 0 Å². The van der Waals surface area contributed by atoms with E-state index in [1.807, 2.05) is 25.1 Å². The number of nitrogens with zero attached hydrogens (tertiary/aromatic N) is 1. The Morgan fingerprint density at radius 3 is 2.89 bits per heavy atom. The first kappa shape index (κ1) is 13.4. The number of hydrogen-bond donors (Lipinski definition) is 2. The lowest BCUT2D eigenvalue weighted by atomic mass is 10.2. The van der Waals surface area contributed by atoms with Crippen LogP contribution in [0.4, 0.5) is 5.69 Å². The van der Waals surface area contributed by atoms with Crippen molar-refractivity contribution in [3.8, 4) is 0 Å². The van der Waals surface area contributed by atoms with Gasteiger partial charge < -0.3 is 10.4 Å². The number of nitrogens with one attached hydrogen (secondary N) is 1. The Bertz CT molecular complexity index is 614. The summed E-state index contributed by atoms with van der Waals surface area (Å²) in [5.41, 5.74) is 2.46. The molecule has 0 radical (unpaired) electrons. The van der Waals surface area contributed by atoms with Crippen LogP contribution >= 0.6 is 11.6 Å². The molecule has 0 atom stereocenters. The number of carboxylic acid groups (broad SMARTS) is 1. The van der Waals surface area contributed by atoms with Crippen LogP contribution in [0.25, 0.3) is 0 Å². The maximum atomic E-state index is 11.1. The Labute approximate surface area is 116 Å². The number of pyridine rings is 1. The van der Waals surface area contributed by atoms with Crippen molar-refractivity contribution < 1.29 is 9.90 Å². The fraction of sp³-hybridized carbons (Fsp3) is 0.143. The van der Waals surface area contributed by atoms with Crippen molar-refractivity contribution in [3.05, 3.63) is 58.4 Å². The molecule has 0 saturated heterocycles. The highest BCUT2D eigenvalue weighted by molar-refractivity contribution is 6.30. The molecule has 1 heterocycles. The summed E-state index contributed by atoms with van der Waals surface area (Å²) >= 11 is 5.90.